The number of ether oxygens (including phenoxy) is 24. The SMILES string of the molecule is C=CCOC1OC(C[S-](=C)=C=O)C(C=O)C(OC)C1OC.C=[S-](=C=O)CC1OC(OCC(=COC)OC)C(OC)C(OC)C1C=O.C=[S-](=C=O)CC1OC(OCC(O)=CO)C(OC)C(OC)C1C=O.COC=C(COC1OC(CS(=O)(=O)[O-])C(C=O)C(OC)C1OC)OC.COC=C(COC1OC(CS(=O)(=O)[O-])C(O)C(O)C1O)OC.[Na+].[Na+]. The van der Waals surface area contributed by atoms with E-state index in [0.29, 0.717) is 30.4 Å². The Morgan fingerprint density at radius 2 is 0.669 bits per heavy atom. The van der Waals surface area contributed by atoms with Gasteiger partial charge in [0.1, 0.15) is 150 Å². The van der Waals surface area contributed by atoms with E-state index in [2.05, 4.69) is 24.2 Å². The maximum Gasteiger partial charge on any atom is 1.00 e. The molecule has 42 nitrogen and oxygen atoms in total. The molecule has 5 N–H and O–H groups in total. The largest absolute Gasteiger partial charge is 1.00 e. The van der Waals surface area contributed by atoms with Crippen LogP contribution >= 0.6 is 0 Å². The Kier molecular flexibility index (Phi) is 62.2. The number of aliphatic hydroxyl groups is 5. The molecule has 0 spiro atoms. The van der Waals surface area contributed by atoms with Gasteiger partial charge in [0.15, 0.2) is 54.5 Å². The van der Waals surface area contributed by atoms with Crippen LogP contribution in [0.15, 0.2) is 60.7 Å². The van der Waals surface area contributed by atoms with E-state index in [9.17, 15) is 79.9 Å². The summed E-state index contributed by atoms with van der Waals surface area (Å²) in [5.41, 5.74) is 0. The minimum atomic E-state index is -4.70. The van der Waals surface area contributed by atoms with E-state index in [1.807, 2.05) is 10.5 Å². The van der Waals surface area contributed by atoms with Gasteiger partial charge in [0.25, 0.3) is 0 Å². The zero-order chi connectivity index (χ0) is 88.0. The molecule has 5 saturated heterocycles. The smallest absolute Gasteiger partial charge is 0.748 e. The molecule has 672 valence electrons. The summed E-state index contributed by atoms with van der Waals surface area (Å²) >= 11 is 0. The Balaban J connectivity index is 0. The minimum Gasteiger partial charge on any atom is -0.748 e. The van der Waals surface area contributed by atoms with Crippen molar-refractivity contribution in [3.63, 3.8) is 0 Å². The van der Waals surface area contributed by atoms with E-state index in [0.717, 1.165) is 12.6 Å². The second-order valence-corrected chi connectivity index (χ2v) is 31.7. The van der Waals surface area contributed by atoms with Crippen LogP contribution in [-0.2, 0) is 198 Å². The monoisotopic (exact) mass is 1820 g/mol. The van der Waals surface area contributed by atoms with Gasteiger partial charge < -0.3 is 198 Å². The van der Waals surface area contributed by atoms with E-state index >= 15 is 0 Å². The molecule has 0 aliphatic carbocycles. The zero-order valence-electron chi connectivity index (χ0n) is 68.4. The Bertz CT molecular complexity index is 3560. The van der Waals surface area contributed by atoms with Crippen molar-refractivity contribution in [2.45, 2.75) is 129 Å². The first kappa shape index (κ1) is 116. The van der Waals surface area contributed by atoms with E-state index in [1.165, 1.54) is 118 Å². The maximum absolute atomic E-state index is 11.6. The second kappa shape index (κ2) is 63.1. The van der Waals surface area contributed by atoms with Crippen LogP contribution < -0.4 is 59.1 Å². The molecule has 25 unspecified atom stereocenters. The molecule has 5 fully saturated rings. The molecule has 0 radical (unpaired) electrons. The predicted octanol–water partition coefficient (Wildman–Crippen LogP) is -9.90. The third-order valence-electron chi connectivity index (χ3n) is 17.1. The average Bonchev–Trinajstić information content (AvgIpc) is 0.811. The van der Waals surface area contributed by atoms with Gasteiger partial charge >= 0.3 is 59.1 Å². The van der Waals surface area contributed by atoms with Crippen molar-refractivity contribution >= 4 is 109 Å². The molecule has 25 atom stereocenters. The molecule has 5 aliphatic rings. The fourth-order valence-corrected chi connectivity index (χ4v) is 15.3. The number of hydrogen-bond donors (Lipinski definition) is 5. The third-order valence-corrected chi connectivity index (χ3v) is 21.5. The average molecular weight is 1820 g/mol. The van der Waals surface area contributed by atoms with Crippen LogP contribution in [0, 0.1) is 23.7 Å². The van der Waals surface area contributed by atoms with Crippen molar-refractivity contribution in [2.24, 2.45) is 23.7 Å². The topological polar surface area (TPSA) is 557 Å². The van der Waals surface area contributed by atoms with Gasteiger partial charge in [-0.2, -0.15) is 0 Å². The molecule has 118 heavy (non-hydrogen) atoms. The first-order chi connectivity index (χ1) is 55.2. The van der Waals surface area contributed by atoms with Crippen molar-refractivity contribution in [3.05, 3.63) is 60.7 Å². The first-order valence-corrected chi connectivity index (χ1v) is 41.9. The molecular weight excluding hydrogens is 1710 g/mol. The summed E-state index contributed by atoms with van der Waals surface area (Å²) in [5.74, 6) is 7.53. The Morgan fingerprint density at radius 3 is 0.924 bits per heavy atom. The molecule has 5 rings (SSSR count). The van der Waals surface area contributed by atoms with Gasteiger partial charge in [-0.05, 0) is 15.7 Å². The Hall–Kier alpha value is -3.84. The van der Waals surface area contributed by atoms with Crippen molar-refractivity contribution in [2.75, 3.05) is 161 Å². The normalized spacial score (nSPS) is 31.1. The van der Waals surface area contributed by atoms with Crippen molar-refractivity contribution < 1.29 is 258 Å². The summed E-state index contributed by atoms with van der Waals surface area (Å²) < 4.78 is 193. The van der Waals surface area contributed by atoms with Crippen LogP contribution in [0.25, 0.3) is 0 Å². The van der Waals surface area contributed by atoms with Crippen LogP contribution in [-0.4, -0.2) is 400 Å². The van der Waals surface area contributed by atoms with Gasteiger partial charge in [0.2, 0.25) is 0 Å². The number of aldehydes is 4. The van der Waals surface area contributed by atoms with Gasteiger partial charge in [-0.3, -0.25) is 14.4 Å². The summed E-state index contributed by atoms with van der Waals surface area (Å²) in [7, 11) is 7.98. The fourth-order valence-electron chi connectivity index (χ4n) is 11.6. The van der Waals surface area contributed by atoms with Crippen LogP contribution in [0.5, 0.6) is 0 Å². The van der Waals surface area contributed by atoms with Crippen LogP contribution in [0.4, 0.5) is 0 Å². The molecule has 5 heterocycles. The van der Waals surface area contributed by atoms with Gasteiger partial charge in [0, 0.05) is 56.9 Å². The van der Waals surface area contributed by atoms with E-state index < -0.39 is 221 Å². The number of methoxy groups -OCH3 is 14. The van der Waals surface area contributed by atoms with Crippen molar-refractivity contribution in [1.29, 1.82) is 0 Å². The molecule has 5 aliphatic heterocycles. The maximum atomic E-state index is 11.6. The zero-order valence-corrected chi connectivity index (χ0v) is 76.5. The molecular formula is C69H109Na2O42S5-3. The number of carbonyl (C=O) groups excluding carboxylic acids is 7. The first-order valence-electron chi connectivity index (χ1n) is 34.1. The minimum absolute atomic E-state index is 0. The van der Waals surface area contributed by atoms with E-state index in [-0.39, 0.29) is 115 Å². The van der Waals surface area contributed by atoms with Gasteiger partial charge in [-0.25, -0.2) is 34.4 Å². The fraction of sp³-hybridized carbons (Fsp3) is 0.710. The second-order valence-electron chi connectivity index (χ2n) is 24.4. The van der Waals surface area contributed by atoms with Gasteiger partial charge in [0.05, 0.1) is 129 Å². The van der Waals surface area contributed by atoms with Crippen LogP contribution in [0.1, 0.15) is 0 Å². The summed E-state index contributed by atoms with van der Waals surface area (Å²) in [5, 5.41) is 52.4. The summed E-state index contributed by atoms with van der Waals surface area (Å²) in [4.78, 5) is 78.0. The quantitative estimate of drug-likeness (QED) is 0.00720. The number of carbonyl (C=O) groups is 4. The molecule has 49 heteroatoms. The van der Waals surface area contributed by atoms with Crippen molar-refractivity contribution in [3.8, 4) is 0 Å². The third kappa shape index (κ3) is 38.7. The molecule has 0 aromatic carbocycles. The molecule has 0 aromatic heterocycles. The van der Waals surface area contributed by atoms with Gasteiger partial charge in [-0.15, -0.1) is 6.58 Å². The summed E-state index contributed by atoms with van der Waals surface area (Å²) in [6.07, 6.45) is -11.4. The Labute approximate surface area is 736 Å². The predicted molar refractivity (Wildman–Crippen MR) is 410 cm³/mol. The molecule has 0 amide bonds. The molecule has 0 bridgehead atoms. The van der Waals surface area contributed by atoms with Crippen LogP contribution in [0.3, 0.4) is 0 Å². The molecule has 0 saturated carbocycles. The number of rotatable bonds is 43. The summed E-state index contributed by atoms with van der Waals surface area (Å²) in [6.45, 7) is 3.31. The number of hydrogen-bond acceptors (Lipinski definition) is 45. The standard InChI is InChI=1S/C16H25O8S.C14H24O10S.C14H21O8S.C14H21O6S.C11H20O10S.2Na/c1-19-7-11(20-2)8-23-16-15(22-4)14(21-3)12(6-17)13(24-16)9-25(5)10-18;1-19-6-9(20-2)7-23-14-13(22-4)12(21-3)10(5-15)11(24-14)8-25(16,17)18;1-19-12-10(5-16)11(7-23(3)8-17)22-14(13(12)20-2)21-6-9(18)4-15;1-5-6-19-14-13(18-3)12(17-2)10(7-15)11(20-14)8-21(4)9-16;1-18-3-6(19-2)4-20-11-10(14)9(13)8(12)7(21-11)5-22(15,16)17;;/h6-7,12-16H,5,8-9H2,1-4H3;5-6,10-14H,7-8H2,1-4H3,(H,16,17,18);4-5,10-15,18H,3,6-7H2,1-2H3;5,7,10-14H,1,4,6,8H2,2-3H3;3,7-14H,4-5H2,1-2H3,(H,15,16,17);;/q-1;;2*-1;;2*+1/p-2. The molecule has 0 aromatic rings. The number of aliphatic hydroxyl groups excluding tert-OH is 5. The van der Waals surface area contributed by atoms with Crippen LogP contribution in [0.2, 0.25) is 0 Å². The van der Waals surface area contributed by atoms with E-state index in [4.69, 9.17) is 119 Å². The summed E-state index contributed by atoms with van der Waals surface area (Å²) in [6, 6.07) is 0. The van der Waals surface area contributed by atoms with E-state index in [1.54, 1.807) is 11.3 Å². The van der Waals surface area contributed by atoms with Crippen molar-refractivity contribution in [1.82, 2.24) is 0 Å². The Morgan fingerprint density at radius 1 is 0.407 bits per heavy atom. The van der Waals surface area contributed by atoms with Gasteiger partial charge in [-0.1, -0.05) is 23.3 Å².